The molecule has 2 rings (SSSR count). The third-order valence-electron chi connectivity index (χ3n) is 3.33. The van der Waals surface area contributed by atoms with Crippen LogP contribution >= 0.6 is 0 Å². The van der Waals surface area contributed by atoms with Crippen molar-refractivity contribution in [1.29, 1.82) is 0 Å². The first-order valence-corrected chi connectivity index (χ1v) is 5.99. The summed E-state index contributed by atoms with van der Waals surface area (Å²) in [6.45, 7) is 3.32. The van der Waals surface area contributed by atoms with Crippen LogP contribution in [0.1, 0.15) is 18.1 Å². The number of nitrogens with two attached hydrogens (primary N) is 1. The summed E-state index contributed by atoms with van der Waals surface area (Å²) in [6, 6.07) is 7.05. The number of rotatable bonds is 2. The molecule has 3 amide bonds. The Morgan fingerprint density at radius 1 is 1.33 bits per heavy atom. The Morgan fingerprint density at radius 3 is 2.67 bits per heavy atom. The predicted molar refractivity (Wildman–Crippen MR) is 67.7 cm³/mol. The molecule has 0 bridgehead atoms. The molecule has 1 aliphatic rings. The van der Waals surface area contributed by atoms with Gasteiger partial charge in [-0.2, -0.15) is 0 Å². The van der Waals surface area contributed by atoms with Crippen molar-refractivity contribution in [2.75, 3.05) is 6.54 Å². The number of carbonyl (C=O) groups is 2. The van der Waals surface area contributed by atoms with Gasteiger partial charge in [0.1, 0.15) is 0 Å². The maximum atomic E-state index is 11.7. The Kier molecular flexibility index (Phi) is 3.62. The summed E-state index contributed by atoms with van der Waals surface area (Å²) >= 11 is 0. The van der Waals surface area contributed by atoms with Crippen LogP contribution < -0.4 is 11.1 Å². The predicted octanol–water partition coefficient (Wildman–Crippen LogP) is 0.628. The molecule has 5 nitrogen and oxygen atoms in total. The van der Waals surface area contributed by atoms with Crippen molar-refractivity contribution in [3.05, 3.63) is 35.4 Å². The van der Waals surface area contributed by atoms with Crippen molar-refractivity contribution in [1.82, 2.24) is 10.2 Å². The lowest BCUT2D eigenvalue weighted by Crippen LogP contribution is -2.49. The molecule has 1 atom stereocenters. The Balaban J connectivity index is 2.04. The molecule has 3 N–H and O–H groups in total. The van der Waals surface area contributed by atoms with Crippen LogP contribution in [0.15, 0.2) is 24.3 Å². The molecule has 1 unspecified atom stereocenters. The first-order chi connectivity index (χ1) is 8.58. The minimum absolute atomic E-state index is 0.345. The Morgan fingerprint density at radius 2 is 2.00 bits per heavy atom. The standard InChI is InChI=1S/C13H17N3O2/c1-9(12(17)15-13(14)18)16-7-6-10-4-2-3-5-11(10)8-16/h2-5,9H,6-8H2,1H3,(H3,14,15,17,18). The van der Waals surface area contributed by atoms with Crippen molar-refractivity contribution >= 4 is 11.9 Å². The molecular weight excluding hydrogens is 230 g/mol. The molecular formula is C13H17N3O2. The Labute approximate surface area is 106 Å². The van der Waals surface area contributed by atoms with Gasteiger partial charge in [0, 0.05) is 13.1 Å². The van der Waals surface area contributed by atoms with E-state index in [0.29, 0.717) is 0 Å². The number of primary amides is 1. The zero-order valence-electron chi connectivity index (χ0n) is 10.3. The van der Waals surface area contributed by atoms with Crippen LogP contribution in [0.5, 0.6) is 0 Å². The summed E-state index contributed by atoms with van der Waals surface area (Å²) in [5.74, 6) is -0.345. The lowest BCUT2D eigenvalue weighted by atomic mass is 9.99. The van der Waals surface area contributed by atoms with Gasteiger partial charge in [-0.1, -0.05) is 24.3 Å². The number of hydrogen-bond donors (Lipinski definition) is 2. The van der Waals surface area contributed by atoms with E-state index in [4.69, 9.17) is 5.73 Å². The normalized spacial score (nSPS) is 16.7. The van der Waals surface area contributed by atoms with E-state index in [2.05, 4.69) is 17.4 Å². The van der Waals surface area contributed by atoms with E-state index in [0.717, 1.165) is 19.5 Å². The van der Waals surface area contributed by atoms with Gasteiger partial charge in [-0.3, -0.25) is 15.0 Å². The second kappa shape index (κ2) is 5.18. The number of carbonyl (C=O) groups excluding carboxylic acids is 2. The second-order valence-corrected chi connectivity index (χ2v) is 4.52. The van der Waals surface area contributed by atoms with Crippen molar-refractivity contribution in [2.24, 2.45) is 5.73 Å². The molecule has 0 aliphatic carbocycles. The molecule has 0 spiro atoms. The van der Waals surface area contributed by atoms with Gasteiger partial charge < -0.3 is 5.73 Å². The Hall–Kier alpha value is -1.88. The molecule has 0 saturated carbocycles. The van der Waals surface area contributed by atoms with Gasteiger partial charge in [0.2, 0.25) is 5.91 Å². The quantitative estimate of drug-likeness (QED) is 0.804. The van der Waals surface area contributed by atoms with Crippen LogP contribution in [0.2, 0.25) is 0 Å². The van der Waals surface area contributed by atoms with E-state index < -0.39 is 6.03 Å². The van der Waals surface area contributed by atoms with Crippen LogP contribution in [0, 0.1) is 0 Å². The summed E-state index contributed by atoms with van der Waals surface area (Å²) in [4.78, 5) is 24.4. The highest BCUT2D eigenvalue weighted by atomic mass is 16.2. The topological polar surface area (TPSA) is 75.4 Å². The van der Waals surface area contributed by atoms with E-state index >= 15 is 0 Å². The average molecular weight is 247 g/mol. The highest BCUT2D eigenvalue weighted by Crippen LogP contribution is 2.20. The second-order valence-electron chi connectivity index (χ2n) is 4.52. The van der Waals surface area contributed by atoms with Gasteiger partial charge in [-0.05, 0) is 24.5 Å². The fraction of sp³-hybridized carbons (Fsp3) is 0.385. The van der Waals surface area contributed by atoms with E-state index in [1.807, 2.05) is 17.0 Å². The fourth-order valence-electron chi connectivity index (χ4n) is 2.24. The SMILES string of the molecule is CC(C(=O)NC(N)=O)N1CCc2ccccc2C1. The molecule has 0 radical (unpaired) electrons. The first-order valence-electron chi connectivity index (χ1n) is 5.99. The third-order valence-corrected chi connectivity index (χ3v) is 3.33. The highest BCUT2D eigenvalue weighted by molar-refractivity contribution is 5.96. The van der Waals surface area contributed by atoms with Crippen LogP contribution in [0.3, 0.4) is 0 Å². The number of nitrogens with one attached hydrogen (secondary N) is 1. The number of amides is 3. The first kappa shape index (κ1) is 12.6. The maximum absolute atomic E-state index is 11.7. The summed E-state index contributed by atoms with van der Waals surface area (Å²) < 4.78 is 0. The molecule has 96 valence electrons. The van der Waals surface area contributed by atoms with Gasteiger partial charge in [0.25, 0.3) is 0 Å². The van der Waals surface area contributed by atoms with E-state index in [1.54, 1.807) is 6.92 Å². The summed E-state index contributed by atoms with van der Waals surface area (Å²) in [5.41, 5.74) is 7.52. The lowest BCUT2D eigenvalue weighted by Gasteiger charge is -2.32. The Bertz CT molecular complexity index is 473. The van der Waals surface area contributed by atoms with Gasteiger partial charge in [-0.15, -0.1) is 0 Å². The molecule has 0 aromatic heterocycles. The summed E-state index contributed by atoms with van der Waals surface area (Å²) in [7, 11) is 0. The smallest absolute Gasteiger partial charge is 0.318 e. The van der Waals surface area contributed by atoms with Crippen LogP contribution in [-0.4, -0.2) is 29.4 Å². The van der Waals surface area contributed by atoms with Crippen molar-refractivity contribution in [3.8, 4) is 0 Å². The minimum atomic E-state index is -0.802. The van der Waals surface area contributed by atoms with Gasteiger partial charge >= 0.3 is 6.03 Å². The average Bonchev–Trinajstić information content (AvgIpc) is 2.36. The molecule has 0 fully saturated rings. The zero-order valence-corrected chi connectivity index (χ0v) is 10.3. The molecule has 1 heterocycles. The number of benzene rings is 1. The van der Waals surface area contributed by atoms with Gasteiger partial charge in [0.15, 0.2) is 0 Å². The van der Waals surface area contributed by atoms with Crippen LogP contribution in [0.25, 0.3) is 0 Å². The van der Waals surface area contributed by atoms with Gasteiger partial charge in [-0.25, -0.2) is 4.79 Å². The summed E-state index contributed by atoms with van der Waals surface area (Å²) in [5, 5.41) is 2.12. The number of fused-ring (bicyclic) bond motifs is 1. The molecule has 1 aromatic carbocycles. The van der Waals surface area contributed by atoms with Crippen LogP contribution in [-0.2, 0) is 17.8 Å². The van der Waals surface area contributed by atoms with Crippen molar-refractivity contribution < 1.29 is 9.59 Å². The molecule has 0 saturated heterocycles. The van der Waals surface area contributed by atoms with Crippen molar-refractivity contribution in [3.63, 3.8) is 0 Å². The largest absolute Gasteiger partial charge is 0.351 e. The molecule has 18 heavy (non-hydrogen) atoms. The van der Waals surface area contributed by atoms with E-state index in [1.165, 1.54) is 11.1 Å². The molecule has 1 aromatic rings. The number of imide groups is 1. The lowest BCUT2D eigenvalue weighted by molar-refractivity contribution is -0.125. The number of nitrogens with zero attached hydrogens (tertiary/aromatic N) is 1. The van der Waals surface area contributed by atoms with E-state index in [9.17, 15) is 9.59 Å². The monoisotopic (exact) mass is 247 g/mol. The fourth-order valence-corrected chi connectivity index (χ4v) is 2.24. The minimum Gasteiger partial charge on any atom is -0.351 e. The number of hydrogen-bond acceptors (Lipinski definition) is 3. The van der Waals surface area contributed by atoms with Crippen molar-refractivity contribution in [2.45, 2.75) is 25.9 Å². The molecule has 5 heteroatoms. The zero-order chi connectivity index (χ0) is 13.1. The highest BCUT2D eigenvalue weighted by Gasteiger charge is 2.25. The van der Waals surface area contributed by atoms with E-state index in [-0.39, 0.29) is 11.9 Å². The maximum Gasteiger partial charge on any atom is 0.318 e. The van der Waals surface area contributed by atoms with Gasteiger partial charge in [0.05, 0.1) is 6.04 Å². The molecule has 1 aliphatic heterocycles. The third kappa shape index (κ3) is 2.68. The number of urea groups is 1. The van der Waals surface area contributed by atoms with Crippen LogP contribution in [0.4, 0.5) is 4.79 Å². The summed E-state index contributed by atoms with van der Waals surface area (Å²) in [6.07, 6.45) is 0.921.